The first kappa shape index (κ1) is 9.45. The Balaban J connectivity index is 2.29. The van der Waals surface area contributed by atoms with Gasteiger partial charge in [-0.15, -0.1) is 0 Å². The summed E-state index contributed by atoms with van der Waals surface area (Å²) in [4.78, 5) is 10.2. The number of benzene rings is 1. The number of aromatic nitrogens is 2. The second-order valence-electron chi connectivity index (χ2n) is 3.21. The van der Waals surface area contributed by atoms with E-state index in [4.69, 9.17) is 5.73 Å². The van der Waals surface area contributed by atoms with Gasteiger partial charge in [0.15, 0.2) is 0 Å². The van der Waals surface area contributed by atoms with Crippen LogP contribution in [0.3, 0.4) is 0 Å². The Morgan fingerprint density at radius 1 is 1.07 bits per heavy atom. The molecule has 0 saturated heterocycles. The van der Waals surface area contributed by atoms with E-state index in [0.717, 1.165) is 5.69 Å². The molecule has 1 aromatic heterocycles. The van der Waals surface area contributed by atoms with Crippen molar-refractivity contribution in [3.63, 3.8) is 0 Å². The van der Waals surface area contributed by atoms with Gasteiger partial charge in [0.05, 0.1) is 18.1 Å². The van der Waals surface area contributed by atoms with E-state index < -0.39 is 0 Å². The highest BCUT2D eigenvalue weighted by Crippen LogP contribution is 2.18. The Kier molecular flexibility index (Phi) is 2.49. The molecular weight excluding hydrogens is 188 g/mol. The van der Waals surface area contributed by atoms with E-state index in [9.17, 15) is 0 Å². The zero-order chi connectivity index (χ0) is 10.7. The molecule has 2 aromatic rings. The zero-order valence-corrected chi connectivity index (χ0v) is 8.46. The van der Waals surface area contributed by atoms with Gasteiger partial charge in [0.2, 0.25) is 5.95 Å². The Morgan fingerprint density at radius 2 is 1.67 bits per heavy atom. The second-order valence-corrected chi connectivity index (χ2v) is 3.21. The topological polar surface area (TPSA) is 55.0 Å². The number of anilines is 3. The molecule has 4 heteroatoms. The quantitative estimate of drug-likeness (QED) is 0.803. The van der Waals surface area contributed by atoms with Crippen LogP contribution in [0.25, 0.3) is 0 Å². The molecule has 1 heterocycles. The molecule has 0 fully saturated rings. The standard InChI is InChI=1S/C11H12N4/c1-15(10-5-3-2-4-6-10)11-13-7-9(12)8-14-11/h2-8H,12H2,1H3. The summed E-state index contributed by atoms with van der Waals surface area (Å²) in [7, 11) is 1.92. The highest BCUT2D eigenvalue weighted by molar-refractivity contribution is 5.56. The van der Waals surface area contributed by atoms with Gasteiger partial charge in [-0.1, -0.05) is 18.2 Å². The molecule has 1 aromatic carbocycles. The molecule has 15 heavy (non-hydrogen) atoms. The molecule has 0 atom stereocenters. The largest absolute Gasteiger partial charge is 0.396 e. The molecule has 2 N–H and O–H groups in total. The van der Waals surface area contributed by atoms with Gasteiger partial charge >= 0.3 is 0 Å². The molecule has 2 rings (SSSR count). The average Bonchev–Trinajstić information content (AvgIpc) is 2.30. The molecule has 76 valence electrons. The number of para-hydroxylation sites is 1. The van der Waals surface area contributed by atoms with Crippen LogP contribution in [0, 0.1) is 0 Å². The Bertz CT molecular complexity index is 424. The van der Waals surface area contributed by atoms with Crippen molar-refractivity contribution in [2.24, 2.45) is 0 Å². The van der Waals surface area contributed by atoms with E-state index in [0.29, 0.717) is 11.6 Å². The summed E-state index contributed by atoms with van der Waals surface area (Å²) in [5.41, 5.74) is 7.14. The Morgan fingerprint density at radius 3 is 2.27 bits per heavy atom. The molecule has 0 bridgehead atoms. The minimum atomic E-state index is 0.570. The summed E-state index contributed by atoms with van der Waals surface area (Å²) >= 11 is 0. The van der Waals surface area contributed by atoms with E-state index in [-0.39, 0.29) is 0 Å². The van der Waals surface area contributed by atoms with Gasteiger partial charge in [0.25, 0.3) is 0 Å². The van der Waals surface area contributed by atoms with E-state index in [1.807, 2.05) is 42.3 Å². The molecule has 0 amide bonds. The lowest BCUT2D eigenvalue weighted by molar-refractivity contribution is 1.04. The second kappa shape index (κ2) is 3.96. The van der Waals surface area contributed by atoms with E-state index in [1.165, 1.54) is 0 Å². The first-order valence-corrected chi connectivity index (χ1v) is 4.63. The minimum Gasteiger partial charge on any atom is -0.396 e. The van der Waals surface area contributed by atoms with Gasteiger partial charge in [-0.25, -0.2) is 9.97 Å². The molecule has 0 aliphatic heterocycles. The van der Waals surface area contributed by atoms with Crippen molar-refractivity contribution in [2.45, 2.75) is 0 Å². The summed E-state index contributed by atoms with van der Waals surface area (Å²) < 4.78 is 0. The van der Waals surface area contributed by atoms with E-state index >= 15 is 0 Å². The maximum atomic E-state index is 5.52. The lowest BCUT2D eigenvalue weighted by Crippen LogP contribution is -2.12. The van der Waals surface area contributed by atoms with Crippen LogP contribution in [0.1, 0.15) is 0 Å². The number of nitrogens with zero attached hydrogens (tertiary/aromatic N) is 3. The van der Waals surface area contributed by atoms with Gasteiger partial charge in [0.1, 0.15) is 0 Å². The summed E-state index contributed by atoms with van der Waals surface area (Å²) in [5, 5.41) is 0. The summed E-state index contributed by atoms with van der Waals surface area (Å²) in [6.07, 6.45) is 3.20. The zero-order valence-electron chi connectivity index (χ0n) is 8.46. The van der Waals surface area contributed by atoms with Gasteiger partial charge in [-0.05, 0) is 12.1 Å². The van der Waals surface area contributed by atoms with Crippen molar-refractivity contribution in [3.05, 3.63) is 42.7 Å². The molecule has 0 aliphatic rings. The summed E-state index contributed by atoms with van der Waals surface area (Å²) in [5.74, 6) is 0.635. The van der Waals surface area contributed by atoms with Crippen LogP contribution in [0.15, 0.2) is 42.7 Å². The third-order valence-electron chi connectivity index (χ3n) is 2.10. The lowest BCUT2D eigenvalue weighted by atomic mass is 10.3. The van der Waals surface area contributed by atoms with Gasteiger partial charge in [0, 0.05) is 12.7 Å². The van der Waals surface area contributed by atoms with Crippen molar-refractivity contribution < 1.29 is 0 Å². The Labute approximate surface area is 88.4 Å². The number of hydrogen-bond donors (Lipinski definition) is 1. The SMILES string of the molecule is CN(c1ccccc1)c1ncc(N)cn1. The van der Waals surface area contributed by atoms with Crippen LogP contribution in [-0.2, 0) is 0 Å². The predicted molar refractivity (Wildman–Crippen MR) is 60.9 cm³/mol. The monoisotopic (exact) mass is 200 g/mol. The lowest BCUT2D eigenvalue weighted by Gasteiger charge is -2.16. The minimum absolute atomic E-state index is 0.570. The van der Waals surface area contributed by atoms with E-state index in [2.05, 4.69) is 9.97 Å². The first-order chi connectivity index (χ1) is 7.27. The predicted octanol–water partition coefficient (Wildman–Crippen LogP) is 1.83. The fourth-order valence-corrected chi connectivity index (χ4v) is 1.27. The van der Waals surface area contributed by atoms with Crippen LogP contribution < -0.4 is 10.6 Å². The number of hydrogen-bond acceptors (Lipinski definition) is 4. The van der Waals surface area contributed by atoms with Crippen LogP contribution >= 0.6 is 0 Å². The van der Waals surface area contributed by atoms with Crippen molar-refractivity contribution in [1.29, 1.82) is 0 Å². The average molecular weight is 200 g/mol. The van der Waals surface area contributed by atoms with Crippen LogP contribution in [-0.4, -0.2) is 17.0 Å². The van der Waals surface area contributed by atoms with Gasteiger partial charge < -0.3 is 10.6 Å². The van der Waals surface area contributed by atoms with Gasteiger partial charge in [-0.2, -0.15) is 0 Å². The maximum absolute atomic E-state index is 5.52. The van der Waals surface area contributed by atoms with Crippen molar-refractivity contribution in [3.8, 4) is 0 Å². The summed E-state index contributed by atoms with van der Waals surface area (Å²) in [6.45, 7) is 0. The fraction of sp³-hybridized carbons (Fsp3) is 0.0909. The molecule has 0 spiro atoms. The van der Waals surface area contributed by atoms with Crippen molar-refractivity contribution in [1.82, 2.24) is 9.97 Å². The normalized spacial score (nSPS) is 9.93. The summed E-state index contributed by atoms with van der Waals surface area (Å²) in [6, 6.07) is 9.92. The molecule has 4 nitrogen and oxygen atoms in total. The fourth-order valence-electron chi connectivity index (χ4n) is 1.27. The molecule has 0 saturated carbocycles. The first-order valence-electron chi connectivity index (χ1n) is 4.63. The maximum Gasteiger partial charge on any atom is 0.229 e. The van der Waals surface area contributed by atoms with Crippen LogP contribution in [0.2, 0.25) is 0 Å². The Hall–Kier alpha value is -2.10. The smallest absolute Gasteiger partial charge is 0.229 e. The van der Waals surface area contributed by atoms with Gasteiger partial charge in [-0.3, -0.25) is 0 Å². The van der Waals surface area contributed by atoms with E-state index in [1.54, 1.807) is 12.4 Å². The van der Waals surface area contributed by atoms with Crippen LogP contribution in [0.5, 0.6) is 0 Å². The highest BCUT2D eigenvalue weighted by Gasteiger charge is 2.04. The molecule has 0 radical (unpaired) electrons. The number of rotatable bonds is 2. The third kappa shape index (κ3) is 2.04. The van der Waals surface area contributed by atoms with Crippen molar-refractivity contribution >= 4 is 17.3 Å². The molecular formula is C11H12N4. The van der Waals surface area contributed by atoms with Crippen molar-refractivity contribution in [2.75, 3.05) is 17.7 Å². The third-order valence-corrected chi connectivity index (χ3v) is 2.10. The number of nitrogen functional groups attached to an aromatic ring is 1. The molecule has 0 aliphatic carbocycles. The van der Waals surface area contributed by atoms with Crippen LogP contribution in [0.4, 0.5) is 17.3 Å². The molecule has 0 unspecified atom stereocenters. The highest BCUT2D eigenvalue weighted by atomic mass is 15.2. The number of nitrogens with two attached hydrogens (primary N) is 1.